The van der Waals surface area contributed by atoms with Crippen LogP contribution in [0.4, 0.5) is 10.6 Å². The van der Waals surface area contributed by atoms with Crippen molar-refractivity contribution in [1.82, 2.24) is 15.5 Å². The van der Waals surface area contributed by atoms with E-state index in [0.717, 1.165) is 24.1 Å². The van der Waals surface area contributed by atoms with E-state index in [9.17, 15) is 14.7 Å². The van der Waals surface area contributed by atoms with Gasteiger partial charge in [0.2, 0.25) is 0 Å². The van der Waals surface area contributed by atoms with Gasteiger partial charge in [-0.05, 0) is 38.7 Å². The number of carbonyl (C=O) groups excluding carboxylic acids is 2. The van der Waals surface area contributed by atoms with Crippen LogP contribution in [0, 0.1) is 0 Å². The number of H-pyrrole nitrogens is 1. The molecular weight excluding hydrogens is 514 g/mol. The number of hydrogen-bond acceptors (Lipinski definition) is 8. The first-order valence-corrected chi connectivity index (χ1v) is 13.2. The molecule has 1 fully saturated rings. The Balaban J connectivity index is 1.32. The molecule has 0 bridgehead atoms. The van der Waals surface area contributed by atoms with Crippen LogP contribution in [-0.2, 0) is 16.1 Å². The van der Waals surface area contributed by atoms with Gasteiger partial charge in [0.15, 0.2) is 12.4 Å². The van der Waals surface area contributed by atoms with Crippen molar-refractivity contribution < 1.29 is 28.9 Å². The van der Waals surface area contributed by atoms with Gasteiger partial charge in [0.05, 0.1) is 19.2 Å². The minimum absolute atomic E-state index is 0.0152. The monoisotopic (exact) mass is 549 g/mol. The van der Waals surface area contributed by atoms with Crippen LogP contribution in [0.25, 0.3) is 0 Å². The molecule has 11 nitrogen and oxygen atoms in total. The summed E-state index contributed by atoms with van der Waals surface area (Å²) in [7, 11) is 1.47. The summed E-state index contributed by atoms with van der Waals surface area (Å²) in [4.78, 5) is 28.9. The number of aromatic nitrogens is 2. The summed E-state index contributed by atoms with van der Waals surface area (Å²) in [5, 5.41) is 23.1. The lowest BCUT2D eigenvalue weighted by molar-refractivity contribution is -0.118. The lowest BCUT2D eigenvalue weighted by Crippen LogP contribution is -2.33. The van der Waals surface area contributed by atoms with Gasteiger partial charge in [-0.25, -0.2) is 4.79 Å². The molecule has 1 saturated carbocycles. The second-order valence-electron chi connectivity index (χ2n) is 9.90. The van der Waals surface area contributed by atoms with E-state index in [1.807, 2.05) is 44.2 Å². The number of benzene rings is 2. The number of aliphatic imine (C=N–C) groups is 1. The number of methoxy groups -OCH3 is 1. The molecule has 40 heavy (non-hydrogen) atoms. The number of rotatable bonds is 11. The van der Waals surface area contributed by atoms with Gasteiger partial charge in [0.1, 0.15) is 23.4 Å². The van der Waals surface area contributed by atoms with Crippen LogP contribution < -0.4 is 20.1 Å². The second kappa shape index (κ2) is 13.5. The Bertz CT molecular complexity index is 1320. The fourth-order valence-corrected chi connectivity index (χ4v) is 4.46. The highest BCUT2D eigenvalue weighted by molar-refractivity contribution is 5.92. The summed E-state index contributed by atoms with van der Waals surface area (Å²) in [6.07, 6.45) is 3.22. The fraction of sp³-hybridized carbons (Fsp3) is 0.379. The van der Waals surface area contributed by atoms with Gasteiger partial charge < -0.3 is 30.0 Å². The van der Waals surface area contributed by atoms with E-state index in [4.69, 9.17) is 14.2 Å². The molecule has 0 saturated heterocycles. The average Bonchev–Trinajstić information content (AvgIpc) is 3.58. The lowest BCUT2D eigenvalue weighted by Gasteiger charge is -2.14. The van der Waals surface area contributed by atoms with Gasteiger partial charge in [-0.3, -0.25) is 14.9 Å². The van der Waals surface area contributed by atoms with Crippen LogP contribution in [0.2, 0.25) is 0 Å². The molecule has 0 aliphatic heterocycles. The van der Waals surface area contributed by atoms with Crippen LogP contribution in [0.5, 0.6) is 17.2 Å². The predicted octanol–water partition coefficient (Wildman–Crippen LogP) is 4.53. The van der Waals surface area contributed by atoms with Gasteiger partial charge in [-0.1, -0.05) is 30.3 Å². The molecule has 212 valence electrons. The molecule has 0 spiro atoms. The van der Waals surface area contributed by atoms with Gasteiger partial charge in [0, 0.05) is 42.1 Å². The Morgan fingerprint density at radius 1 is 1.20 bits per heavy atom. The van der Waals surface area contributed by atoms with Crippen LogP contribution in [0.3, 0.4) is 0 Å². The molecule has 1 aromatic heterocycles. The minimum atomic E-state index is -0.425. The molecule has 1 aliphatic rings. The maximum Gasteiger partial charge on any atom is 0.407 e. The van der Waals surface area contributed by atoms with E-state index >= 15 is 0 Å². The predicted molar refractivity (Wildman–Crippen MR) is 150 cm³/mol. The summed E-state index contributed by atoms with van der Waals surface area (Å²) in [6.45, 7) is 3.86. The summed E-state index contributed by atoms with van der Waals surface area (Å²) < 4.78 is 16.5. The second-order valence-corrected chi connectivity index (χ2v) is 9.90. The normalized spacial score (nSPS) is 16.7. The number of hydrogen-bond donors (Lipinski definition) is 4. The summed E-state index contributed by atoms with van der Waals surface area (Å²) in [5.74, 6) is 0.637. The van der Waals surface area contributed by atoms with Crippen molar-refractivity contribution in [3.05, 3.63) is 65.4 Å². The number of anilines is 1. The van der Waals surface area contributed by atoms with Gasteiger partial charge >= 0.3 is 6.09 Å². The third-order valence-electron chi connectivity index (χ3n) is 6.40. The maximum absolute atomic E-state index is 12.6. The average molecular weight is 550 g/mol. The number of aromatic hydroxyl groups is 1. The number of amides is 2. The van der Waals surface area contributed by atoms with E-state index < -0.39 is 12.0 Å². The van der Waals surface area contributed by atoms with Crippen molar-refractivity contribution in [3.63, 3.8) is 0 Å². The minimum Gasteiger partial charge on any atom is -0.507 e. The molecule has 2 amide bonds. The largest absolute Gasteiger partial charge is 0.507 e. The van der Waals surface area contributed by atoms with Crippen LogP contribution >= 0.6 is 0 Å². The van der Waals surface area contributed by atoms with E-state index in [1.165, 1.54) is 19.4 Å². The van der Waals surface area contributed by atoms with Crippen LogP contribution in [0.1, 0.15) is 55.8 Å². The standard InChI is InChI=1S/C29H35N5O6/c1-18(2)31-29(37)40-21-10-9-20(11-21)24-14-27(34-33-24)32-28(36)17-39-26-13-22(38-3)12-25(35)23(26)16-30-15-19-7-5-4-6-8-19/h4-8,12-14,16,18,20-21,35H,9-11,15,17H2,1-3H3,(H,31,37)(H2,32,33,34,36)/t20-,21+/m0/s1. The van der Waals surface area contributed by atoms with Gasteiger partial charge in [0.25, 0.3) is 5.91 Å². The van der Waals surface area contributed by atoms with E-state index in [0.29, 0.717) is 30.1 Å². The van der Waals surface area contributed by atoms with E-state index in [1.54, 1.807) is 12.1 Å². The Morgan fingerprint density at radius 3 is 2.75 bits per heavy atom. The zero-order chi connectivity index (χ0) is 28.5. The Morgan fingerprint density at radius 2 is 2.00 bits per heavy atom. The Hall–Kier alpha value is -4.54. The Kier molecular flexibility index (Phi) is 9.61. The number of ether oxygens (including phenoxy) is 3. The summed E-state index contributed by atoms with van der Waals surface area (Å²) in [5.41, 5.74) is 2.22. The molecule has 1 heterocycles. The van der Waals surface area contributed by atoms with Crippen molar-refractivity contribution in [2.45, 2.75) is 57.7 Å². The van der Waals surface area contributed by atoms with Crippen molar-refractivity contribution in [2.24, 2.45) is 4.99 Å². The van der Waals surface area contributed by atoms with E-state index in [2.05, 4.69) is 25.8 Å². The van der Waals surface area contributed by atoms with Crippen molar-refractivity contribution >= 4 is 24.0 Å². The van der Waals surface area contributed by atoms with Crippen molar-refractivity contribution in [2.75, 3.05) is 19.0 Å². The first-order valence-electron chi connectivity index (χ1n) is 13.2. The number of nitrogens with one attached hydrogen (secondary N) is 3. The highest BCUT2D eigenvalue weighted by atomic mass is 16.6. The van der Waals surface area contributed by atoms with Gasteiger partial charge in [-0.15, -0.1) is 0 Å². The van der Waals surface area contributed by atoms with Crippen LogP contribution in [-0.4, -0.2) is 59.4 Å². The van der Waals surface area contributed by atoms with Crippen molar-refractivity contribution in [3.8, 4) is 17.2 Å². The first kappa shape index (κ1) is 28.5. The number of phenols is 1. The zero-order valence-electron chi connectivity index (χ0n) is 22.8. The molecule has 3 aromatic rings. The molecule has 11 heteroatoms. The lowest BCUT2D eigenvalue weighted by atomic mass is 10.0. The number of carbonyl (C=O) groups is 2. The van der Waals surface area contributed by atoms with Crippen LogP contribution in [0.15, 0.2) is 53.5 Å². The van der Waals surface area contributed by atoms with Crippen molar-refractivity contribution in [1.29, 1.82) is 0 Å². The first-order chi connectivity index (χ1) is 19.3. The molecular formula is C29H35N5O6. The number of nitrogens with zero attached hydrogens (tertiary/aromatic N) is 2. The SMILES string of the molecule is COc1cc(O)c(C=NCc2ccccc2)c(OCC(=O)Nc2cc([C@H]3CC[C@@H](OC(=O)NC(C)C)C3)[nH]n2)c1. The third kappa shape index (κ3) is 7.98. The number of phenolic OH excluding ortho intramolecular Hbond substituents is 1. The molecule has 2 atom stereocenters. The number of alkyl carbamates (subject to hydrolysis) is 1. The molecule has 0 radical (unpaired) electrons. The zero-order valence-corrected chi connectivity index (χ0v) is 22.8. The molecule has 2 aromatic carbocycles. The highest BCUT2D eigenvalue weighted by Crippen LogP contribution is 2.36. The fourth-order valence-electron chi connectivity index (χ4n) is 4.46. The third-order valence-corrected chi connectivity index (χ3v) is 6.40. The number of aromatic amines is 1. The molecule has 1 aliphatic carbocycles. The van der Waals surface area contributed by atoms with E-state index in [-0.39, 0.29) is 36.2 Å². The smallest absolute Gasteiger partial charge is 0.407 e. The summed E-state index contributed by atoms with van der Waals surface area (Å²) in [6, 6.07) is 14.5. The highest BCUT2D eigenvalue weighted by Gasteiger charge is 2.30. The topological polar surface area (TPSA) is 147 Å². The molecule has 4 rings (SSSR count). The quantitative estimate of drug-likeness (QED) is 0.257. The molecule has 0 unspecified atom stereocenters. The van der Waals surface area contributed by atoms with Gasteiger partial charge in [-0.2, -0.15) is 5.10 Å². The maximum atomic E-state index is 12.6. The summed E-state index contributed by atoms with van der Waals surface area (Å²) >= 11 is 0. The Labute approximate surface area is 232 Å². The molecule has 4 N–H and O–H groups in total.